The summed E-state index contributed by atoms with van der Waals surface area (Å²) < 4.78 is 5.42. The van der Waals surface area contributed by atoms with Crippen molar-refractivity contribution in [3.63, 3.8) is 0 Å². The number of hydrogen-bond acceptors (Lipinski definition) is 5. The number of nitrogens with one attached hydrogen (secondary N) is 2. The highest BCUT2D eigenvalue weighted by Gasteiger charge is 2.11. The molecule has 0 fully saturated rings. The Morgan fingerprint density at radius 3 is 2.46 bits per heavy atom. The van der Waals surface area contributed by atoms with Crippen LogP contribution in [0.2, 0.25) is 0 Å². The summed E-state index contributed by atoms with van der Waals surface area (Å²) >= 11 is 0. The molecule has 0 unspecified atom stereocenters. The largest absolute Gasteiger partial charge is 0.451 e. The maximum Gasteiger partial charge on any atom is 0.310 e. The molecular formula is C18H25N3O3. The number of benzene rings is 1. The minimum atomic E-state index is -0.657. The summed E-state index contributed by atoms with van der Waals surface area (Å²) in [6, 6.07) is 11.2. The van der Waals surface area contributed by atoms with Gasteiger partial charge in [0.25, 0.3) is 0 Å². The van der Waals surface area contributed by atoms with Crippen molar-refractivity contribution in [1.29, 1.82) is 0 Å². The van der Waals surface area contributed by atoms with Gasteiger partial charge in [0.2, 0.25) is 0 Å². The molecule has 2 rings (SSSR count). The highest BCUT2D eigenvalue weighted by molar-refractivity contribution is 5.91. The quantitative estimate of drug-likeness (QED) is 0.374. The minimum Gasteiger partial charge on any atom is -0.451 e. The van der Waals surface area contributed by atoms with Crippen LogP contribution in [0.3, 0.4) is 0 Å². The van der Waals surface area contributed by atoms with Crippen LogP contribution in [0.5, 0.6) is 0 Å². The minimum absolute atomic E-state index is 0.0784. The van der Waals surface area contributed by atoms with Gasteiger partial charge < -0.3 is 14.6 Å². The Labute approximate surface area is 142 Å². The standard InChI is InChI=1S/C18H25N3O3/c1-3-21(4-2)12-11-19-13-14-5-7-15(8-6-14)16-9-10-17(24-16)18(22)20-23/h5-10,19,23H,3-4,11-13H2,1-2H3,(H,20,22). The van der Waals surface area contributed by atoms with Crippen molar-refractivity contribution < 1.29 is 14.4 Å². The van der Waals surface area contributed by atoms with Gasteiger partial charge in [-0.1, -0.05) is 38.1 Å². The van der Waals surface area contributed by atoms with Gasteiger partial charge in [-0.25, -0.2) is 5.48 Å². The van der Waals surface area contributed by atoms with Crippen molar-refractivity contribution in [3.05, 3.63) is 47.7 Å². The maximum absolute atomic E-state index is 11.3. The van der Waals surface area contributed by atoms with E-state index in [-0.39, 0.29) is 5.76 Å². The normalized spacial score (nSPS) is 11.0. The number of nitrogens with zero attached hydrogens (tertiary/aromatic N) is 1. The summed E-state index contributed by atoms with van der Waals surface area (Å²) in [6.07, 6.45) is 0. The molecule has 1 aromatic carbocycles. The molecule has 1 aromatic heterocycles. The molecule has 6 heteroatoms. The fraction of sp³-hybridized carbons (Fsp3) is 0.389. The summed E-state index contributed by atoms with van der Waals surface area (Å²) in [4.78, 5) is 13.7. The van der Waals surface area contributed by atoms with Gasteiger partial charge in [-0.3, -0.25) is 10.0 Å². The number of amides is 1. The molecule has 0 aliphatic rings. The number of carbonyl (C=O) groups is 1. The molecule has 0 radical (unpaired) electrons. The number of furan rings is 1. The van der Waals surface area contributed by atoms with Crippen LogP contribution in [0, 0.1) is 0 Å². The van der Waals surface area contributed by atoms with E-state index in [1.807, 2.05) is 24.3 Å². The molecule has 0 aliphatic carbocycles. The van der Waals surface area contributed by atoms with E-state index in [0.29, 0.717) is 5.76 Å². The highest BCUT2D eigenvalue weighted by atomic mass is 16.5. The Hall–Kier alpha value is -2.15. The lowest BCUT2D eigenvalue weighted by molar-refractivity contribution is 0.0677. The first kappa shape index (κ1) is 18.2. The second-order valence-corrected chi connectivity index (χ2v) is 5.51. The topological polar surface area (TPSA) is 77.7 Å². The van der Waals surface area contributed by atoms with Gasteiger partial charge in [-0.05, 0) is 30.8 Å². The van der Waals surface area contributed by atoms with Gasteiger partial charge in [-0.2, -0.15) is 0 Å². The third-order valence-electron chi connectivity index (χ3n) is 4.00. The molecule has 0 saturated heterocycles. The average molecular weight is 331 g/mol. The first-order valence-corrected chi connectivity index (χ1v) is 8.24. The molecule has 6 nitrogen and oxygen atoms in total. The van der Waals surface area contributed by atoms with E-state index in [2.05, 4.69) is 24.1 Å². The zero-order valence-electron chi connectivity index (χ0n) is 14.2. The molecule has 2 aromatic rings. The Balaban J connectivity index is 1.86. The van der Waals surface area contributed by atoms with Crippen LogP contribution >= 0.6 is 0 Å². The number of rotatable bonds is 9. The molecule has 0 aliphatic heterocycles. The Morgan fingerprint density at radius 1 is 1.12 bits per heavy atom. The van der Waals surface area contributed by atoms with Crippen LogP contribution in [0.15, 0.2) is 40.8 Å². The van der Waals surface area contributed by atoms with Gasteiger partial charge in [0, 0.05) is 25.2 Å². The van der Waals surface area contributed by atoms with Crippen LogP contribution in [0.4, 0.5) is 0 Å². The Kier molecular flexibility index (Phi) is 6.99. The second-order valence-electron chi connectivity index (χ2n) is 5.51. The lowest BCUT2D eigenvalue weighted by Crippen LogP contribution is -2.31. The molecule has 0 atom stereocenters. The molecule has 1 amide bonds. The summed E-state index contributed by atoms with van der Waals surface area (Å²) in [6.45, 7) is 9.32. The molecule has 130 valence electrons. The van der Waals surface area contributed by atoms with Crippen molar-refractivity contribution in [2.24, 2.45) is 0 Å². The Bertz CT molecular complexity index is 633. The average Bonchev–Trinajstić information content (AvgIpc) is 3.12. The first-order chi connectivity index (χ1) is 11.7. The second kappa shape index (κ2) is 9.22. The van der Waals surface area contributed by atoms with Gasteiger partial charge >= 0.3 is 5.91 Å². The summed E-state index contributed by atoms with van der Waals surface area (Å²) in [5.74, 6) is 0.0135. The predicted octanol–water partition coefficient (Wildman–Crippen LogP) is 2.50. The van der Waals surface area contributed by atoms with E-state index in [1.54, 1.807) is 11.5 Å². The van der Waals surface area contributed by atoms with E-state index >= 15 is 0 Å². The van der Waals surface area contributed by atoms with Crippen molar-refractivity contribution in [2.45, 2.75) is 20.4 Å². The fourth-order valence-electron chi connectivity index (χ4n) is 2.47. The summed E-state index contributed by atoms with van der Waals surface area (Å²) in [7, 11) is 0. The lowest BCUT2D eigenvalue weighted by atomic mass is 10.1. The third-order valence-corrected chi connectivity index (χ3v) is 4.00. The van der Waals surface area contributed by atoms with Gasteiger partial charge in [0.05, 0.1) is 0 Å². The van der Waals surface area contributed by atoms with Crippen LogP contribution in [-0.4, -0.2) is 42.2 Å². The number of carbonyl (C=O) groups excluding carboxylic acids is 1. The van der Waals surface area contributed by atoms with Crippen molar-refractivity contribution >= 4 is 5.91 Å². The maximum atomic E-state index is 11.3. The smallest absolute Gasteiger partial charge is 0.310 e. The van der Waals surface area contributed by atoms with Crippen LogP contribution in [-0.2, 0) is 6.54 Å². The van der Waals surface area contributed by atoms with Crippen molar-refractivity contribution in [2.75, 3.05) is 26.2 Å². The van der Waals surface area contributed by atoms with Gasteiger partial charge in [0.1, 0.15) is 5.76 Å². The zero-order chi connectivity index (χ0) is 17.4. The SMILES string of the molecule is CCN(CC)CCNCc1ccc(-c2ccc(C(=O)NO)o2)cc1. The molecule has 1 heterocycles. The van der Waals surface area contributed by atoms with E-state index in [9.17, 15) is 4.79 Å². The van der Waals surface area contributed by atoms with E-state index in [0.717, 1.165) is 38.3 Å². The van der Waals surface area contributed by atoms with E-state index in [1.165, 1.54) is 11.6 Å². The van der Waals surface area contributed by atoms with Crippen LogP contribution < -0.4 is 10.8 Å². The van der Waals surface area contributed by atoms with E-state index in [4.69, 9.17) is 9.62 Å². The predicted molar refractivity (Wildman–Crippen MR) is 92.9 cm³/mol. The summed E-state index contributed by atoms with van der Waals surface area (Å²) in [5.41, 5.74) is 3.64. The van der Waals surface area contributed by atoms with Crippen LogP contribution in [0.25, 0.3) is 11.3 Å². The van der Waals surface area contributed by atoms with Crippen molar-refractivity contribution in [1.82, 2.24) is 15.7 Å². The molecule has 0 spiro atoms. The molecule has 24 heavy (non-hydrogen) atoms. The van der Waals surface area contributed by atoms with Gasteiger partial charge in [-0.15, -0.1) is 0 Å². The molecule has 0 saturated carbocycles. The highest BCUT2D eigenvalue weighted by Crippen LogP contribution is 2.22. The van der Waals surface area contributed by atoms with Crippen molar-refractivity contribution in [3.8, 4) is 11.3 Å². The molecule has 3 N–H and O–H groups in total. The summed E-state index contributed by atoms with van der Waals surface area (Å²) in [5, 5.41) is 12.0. The molecular weight excluding hydrogens is 306 g/mol. The Morgan fingerprint density at radius 2 is 1.83 bits per heavy atom. The zero-order valence-corrected chi connectivity index (χ0v) is 14.2. The lowest BCUT2D eigenvalue weighted by Gasteiger charge is -2.18. The van der Waals surface area contributed by atoms with E-state index < -0.39 is 5.91 Å². The number of hydroxylamine groups is 1. The number of hydrogen-bond donors (Lipinski definition) is 3. The molecule has 0 bridgehead atoms. The van der Waals surface area contributed by atoms with Gasteiger partial charge in [0.15, 0.2) is 5.76 Å². The fourth-order valence-corrected chi connectivity index (χ4v) is 2.47. The number of likely N-dealkylation sites (N-methyl/N-ethyl adjacent to an activating group) is 1. The van der Waals surface area contributed by atoms with Crippen LogP contribution in [0.1, 0.15) is 30.0 Å². The first-order valence-electron chi connectivity index (χ1n) is 8.24. The third kappa shape index (κ3) is 4.92. The monoisotopic (exact) mass is 331 g/mol.